The Morgan fingerprint density at radius 1 is 1.06 bits per heavy atom. The van der Waals surface area contributed by atoms with Gasteiger partial charge in [-0.05, 0) is 48.4 Å². The van der Waals surface area contributed by atoms with E-state index in [1.165, 1.54) is 12.1 Å². The number of anilines is 1. The van der Waals surface area contributed by atoms with Gasteiger partial charge in [-0.3, -0.25) is 9.52 Å². The summed E-state index contributed by atoms with van der Waals surface area (Å²) in [5.74, 6) is 0.451. The number of carbonyl (C=O) groups is 1. The average molecular weight is 471 g/mol. The van der Waals surface area contributed by atoms with E-state index < -0.39 is 10.0 Å². The van der Waals surface area contributed by atoms with Gasteiger partial charge in [0.1, 0.15) is 5.75 Å². The zero-order chi connectivity index (χ0) is 22.7. The van der Waals surface area contributed by atoms with Gasteiger partial charge in [0.15, 0.2) is 6.61 Å². The summed E-state index contributed by atoms with van der Waals surface area (Å²) in [5.41, 5.74) is 2.16. The number of halogens is 1. The Hall–Kier alpha value is -3.03. The molecule has 1 atom stereocenters. The number of hydrogen-bond donors (Lipinski definition) is 1. The predicted octanol–water partition coefficient (Wildman–Crippen LogP) is 5.01. The summed E-state index contributed by atoms with van der Waals surface area (Å²) < 4.78 is 33.9. The van der Waals surface area contributed by atoms with Gasteiger partial charge >= 0.3 is 0 Å². The van der Waals surface area contributed by atoms with Gasteiger partial charge in [0.2, 0.25) is 0 Å². The zero-order valence-corrected chi connectivity index (χ0v) is 19.1. The van der Waals surface area contributed by atoms with E-state index in [9.17, 15) is 13.2 Å². The molecule has 3 aromatic carbocycles. The van der Waals surface area contributed by atoms with Crippen LogP contribution in [-0.2, 0) is 21.4 Å². The highest BCUT2D eigenvalue weighted by Crippen LogP contribution is 2.33. The maximum atomic E-state index is 12.9. The standard InChI is InChI=1S/C24H23ClN2O4S/c1-2-22(17-7-4-3-5-8-17)27-15-18-13-20(11-12-23(18)31-16-24(27)28)26-32(29,30)21-10-6-9-19(25)14-21/h3-14,22,26H,2,15-16H2,1H3. The van der Waals surface area contributed by atoms with Crippen molar-refractivity contribution in [2.75, 3.05) is 11.3 Å². The van der Waals surface area contributed by atoms with E-state index in [1.807, 2.05) is 37.3 Å². The number of fused-ring (bicyclic) bond motifs is 1. The molecular formula is C24H23ClN2O4S. The zero-order valence-electron chi connectivity index (χ0n) is 17.5. The number of ether oxygens (including phenoxy) is 1. The van der Waals surface area contributed by atoms with Crippen LogP contribution in [0.25, 0.3) is 0 Å². The van der Waals surface area contributed by atoms with Gasteiger partial charge in [-0.15, -0.1) is 0 Å². The van der Waals surface area contributed by atoms with E-state index in [-0.39, 0.29) is 23.5 Å². The van der Waals surface area contributed by atoms with Crippen LogP contribution in [0.2, 0.25) is 5.02 Å². The Bertz CT molecular complexity index is 1230. The van der Waals surface area contributed by atoms with Gasteiger partial charge in [-0.2, -0.15) is 0 Å². The maximum Gasteiger partial charge on any atom is 0.261 e. The molecule has 0 aliphatic carbocycles. The van der Waals surface area contributed by atoms with Crippen molar-refractivity contribution in [3.8, 4) is 5.75 Å². The van der Waals surface area contributed by atoms with Crippen LogP contribution in [-0.4, -0.2) is 25.8 Å². The van der Waals surface area contributed by atoms with Gasteiger partial charge in [-0.25, -0.2) is 8.42 Å². The average Bonchev–Trinajstić information content (AvgIpc) is 2.94. The first-order valence-corrected chi connectivity index (χ1v) is 12.1. The lowest BCUT2D eigenvalue weighted by Crippen LogP contribution is -2.35. The lowest BCUT2D eigenvalue weighted by atomic mass is 10.0. The van der Waals surface area contributed by atoms with Crippen LogP contribution in [0.15, 0.2) is 77.7 Å². The quantitative estimate of drug-likeness (QED) is 0.549. The summed E-state index contributed by atoms with van der Waals surface area (Å²) in [4.78, 5) is 14.7. The van der Waals surface area contributed by atoms with E-state index in [4.69, 9.17) is 16.3 Å². The van der Waals surface area contributed by atoms with E-state index in [2.05, 4.69) is 4.72 Å². The van der Waals surface area contributed by atoms with Crippen molar-refractivity contribution >= 4 is 33.2 Å². The van der Waals surface area contributed by atoms with Crippen LogP contribution in [0.3, 0.4) is 0 Å². The van der Waals surface area contributed by atoms with Crippen molar-refractivity contribution in [1.82, 2.24) is 4.90 Å². The molecule has 1 unspecified atom stereocenters. The molecule has 1 aliphatic heterocycles. The van der Waals surface area contributed by atoms with Crippen LogP contribution in [0.4, 0.5) is 5.69 Å². The highest BCUT2D eigenvalue weighted by molar-refractivity contribution is 7.92. The molecule has 3 aromatic rings. The second-order valence-electron chi connectivity index (χ2n) is 7.53. The third-order valence-corrected chi connectivity index (χ3v) is 6.99. The fourth-order valence-electron chi connectivity index (χ4n) is 3.84. The second-order valence-corrected chi connectivity index (χ2v) is 9.65. The number of carbonyl (C=O) groups excluding carboxylic acids is 1. The highest BCUT2D eigenvalue weighted by Gasteiger charge is 2.28. The molecule has 1 amide bonds. The first-order valence-electron chi connectivity index (χ1n) is 10.3. The lowest BCUT2D eigenvalue weighted by molar-refractivity contribution is -0.135. The fraction of sp³-hybridized carbons (Fsp3) is 0.208. The van der Waals surface area contributed by atoms with Crippen molar-refractivity contribution in [2.45, 2.75) is 30.8 Å². The van der Waals surface area contributed by atoms with Crippen LogP contribution in [0.5, 0.6) is 5.75 Å². The molecule has 1 N–H and O–H groups in total. The van der Waals surface area contributed by atoms with Crippen LogP contribution >= 0.6 is 11.6 Å². The molecular weight excluding hydrogens is 448 g/mol. The Morgan fingerprint density at radius 3 is 2.56 bits per heavy atom. The first-order chi connectivity index (χ1) is 15.4. The van der Waals surface area contributed by atoms with E-state index in [0.29, 0.717) is 23.0 Å². The van der Waals surface area contributed by atoms with Gasteiger partial charge in [0.05, 0.1) is 17.5 Å². The van der Waals surface area contributed by atoms with Gasteiger partial charge < -0.3 is 9.64 Å². The molecule has 0 fully saturated rings. The monoisotopic (exact) mass is 470 g/mol. The van der Waals surface area contributed by atoms with E-state index >= 15 is 0 Å². The smallest absolute Gasteiger partial charge is 0.261 e. The molecule has 0 saturated heterocycles. The SMILES string of the molecule is CCC(c1ccccc1)N1Cc2cc(NS(=O)(=O)c3cccc(Cl)c3)ccc2OCC1=O. The molecule has 1 aliphatic rings. The number of hydrogen-bond acceptors (Lipinski definition) is 4. The number of rotatable bonds is 6. The number of sulfonamides is 1. The topological polar surface area (TPSA) is 75.7 Å². The Kier molecular flexibility index (Phi) is 6.39. The number of amides is 1. The minimum Gasteiger partial charge on any atom is -0.483 e. The fourth-order valence-corrected chi connectivity index (χ4v) is 5.19. The highest BCUT2D eigenvalue weighted by atomic mass is 35.5. The lowest BCUT2D eigenvalue weighted by Gasteiger charge is -2.30. The summed E-state index contributed by atoms with van der Waals surface area (Å²) in [6.07, 6.45) is 0.742. The molecule has 0 saturated carbocycles. The minimum atomic E-state index is -3.82. The van der Waals surface area contributed by atoms with Crippen molar-refractivity contribution in [1.29, 1.82) is 0 Å². The van der Waals surface area contributed by atoms with E-state index in [1.54, 1.807) is 35.2 Å². The summed E-state index contributed by atoms with van der Waals surface area (Å²) >= 11 is 5.94. The Labute approximate surface area is 192 Å². The molecule has 0 aromatic heterocycles. The molecule has 0 bridgehead atoms. The number of benzene rings is 3. The number of nitrogens with zero attached hydrogens (tertiary/aromatic N) is 1. The molecule has 0 radical (unpaired) electrons. The van der Waals surface area contributed by atoms with Gasteiger partial charge in [0.25, 0.3) is 15.9 Å². The van der Waals surface area contributed by atoms with Crippen LogP contribution in [0, 0.1) is 0 Å². The molecule has 32 heavy (non-hydrogen) atoms. The Balaban J connectivity index is 1.63. The van der Waals surface area contributed by atoms with Crippen LogP contribution < -0.4 is 9.46 Å². The summed E-state index contributed by atoms with van der Waals surface area (Å²) in [6.45, 7) is 2.28. The van der Waals surface area contributed by atoms with Crippen molar-refractivity contribution in [3.63, 3.8) is 0 Å². The first kappa shape index (κ1) is 22.2. The molecule has 4 rings (SSSR count). The van der Waals surface area contributed by atoms with Gasteiger partial charge in [0, 0.05) is 16.3 Å². The predicted molar refractivity (Wildman–Crippen MR) is 124 cm³/mol. The van der Waals surface area contributed by atoms with Crippen molar-refractivity contribution < 1.29 is 17.9 Å². The minimum absolute atomic E-state index is 0.0656. The maximum absolute atomic E-state index is 12.9. The molecule has 166 valence electrons. The van der Waals surface area contributed by atoms with E-state index in [0.717, 1.165) is 17.5 Å². The van der Waals surface area contributed by atoms with Crippen molar-refractivity contribution in [2.24, 2.45) is 0 Å². The summed E-state index contributed by atoms with van der Waals surface area (Å²) in [6, 6.07) is 20.8. The molecule has 1 heterocycles. The number of nitrogens with one attached hydrogen (secondary N) is 1. The normalized spacial score (nSPS) is 14.8. The van der Waals surface area contributed by atoms with Crippen LogP contribution in [0.1, 0.15) is 30.5 Å². The molecule has 6 nitrogen and oxygen atoms in total. The summed E-state index contributed by atoms with van der Waals surface area (Å²) in [7, 11) is -3.82. The van der Waals surface area contributed by atoms with Gasteiger partial charge in [-0.1, -0.05) is 54.9 Å². The largest absolute Gasteiger partial charge is 0.483 e. The van der Waals surface area contributed by atoms with Crippen molar-refractivity contribution in [3.05, 3.63) is 88.9 Å². The third kappa shape index (κ3) is 4.74. The molecule has 0 spiro atoms. The molecule has 8 heteroatoms. The Morgan fingerprint density at radius 2 is 1.84 bits per heavy atom. The third-order valence-electron chi connectivity index (χ3n) is 5.38. The second kappa shape index (κ2) is 9.22. The summed E-state index contributed by atoms with van der Waals surface area (Å²) in [5, 5.41) is 0.337.